The zero-order valence-corrected chi connectivity index (χ0v) is 15.7. The minimum atomic E-state index is -0.643. The van der Waals surface area contributed by atoms with Gasteiger partial charge in [-0.05, 0) is 42.5 Å². The van der Waals surface area contributed by atoms with Gasteiger partial charge in [0.25, 0.3) is 0 Å². The van der Waals surface area contributed by atoms with E-state index in [-0.39, 0.29) is 28.4 Å². The lowest BCUT2D eigenvalue weighted by molar-refractivity contribution is -0.123. The Bertz CT molecular complexity index is 905. The predicted molar refractivity (Wildman–Crippen MR) is 104 cm³/mol. The second kappa shape index (κ2) is 8.41. The van der Waals surface area contributed by atoms with E-state index in [0.29, 0.717) is 17.1 Å². The van der Waals surface area contributed by atoms with Crippen molar-refractivity contribution in [2.24, 2.45) is 4.99 Å². The van der Waals surface area contributed by atoms with E-state index in [9.17, 15) is 14.0 Å². The van der Waals surface area contributed by atoms with Gasteiger partial charge in [-0.15, -0.1) is 0 Å². The Hall–Kier alpha value is -2.58. The lowest BCUT2D eigenvalue weighted by atomic mass is 10.2. The molecular weight excluding hydrogens is 393 g/mol. The Kier molecular flexibility index (Phi) is 5.98. The maximum Gasteiger partial charge on any atom is 0.238 e. The summed E-state index contributed by atoms with van der Waals surface area (Å²) < 4.78 is 18.3. The second-order valence-electron chi connectivity index (χ2n) is 5.59. The van der Waals surface area contributed by atoms with Crippen molar-refractivity contribution in [3.05, 3.63) is 53.3 Å². The molecule has 3 rings (SSSR count). The molecule has 2 amide bonds. The molecule has 1 fully saturated rings. The Balaban J connectivity index is 1.71. The average Bonchev–Trinajstić information content (AvgIpc) is 2.65. The molecule has 0 aromatic heterocycles. The molecule has 140 valence electrons. The molecule has 0 radical (unpaired) electrons. The van der Waals surface area contributed by atoms with Gasteiger partial charge in [0.15, 0.2) is 5.17 Å². The van der Waals surface area contributed by atoms with E-state index in [4.69, 9.17) is 16.3 Å². The molecule has 1 aliphatic heterocycles. The van der Waals surface area contributed by atoms with Crippen LogP contribution >= 0.6 is 23.4 Å². The number of benzene rings is 2. The average molecular weight is 408 g/mol. The summed E-state index contributed by atoms with van der Waals surface area (Å²) in [6, 6.07) is 10.8. The number of thioether (sulfide) groups is 1. The third-order valence-electron chi connectivity index (χ3n) is 3.65. The van der Waals surface area contributed by atoms with Crippen LogP contribution in [-0.2, 0) is 9.59 Å². The topological polar surface area (TPSA) is 79.8 Å². The van der Waals surface area contributed by atoms with Crippen LogP contribution in [0.25, 0.3) is 0 Å². The van der Waals surface area contributed by atoms with Crippen LogP contribution in [0.4, 0.5) is 15.8 Å². The zero-order chi connectivity index (χ0) is 19.4. The number of aliphatic imine (C=N–C) groups is 1. The van der Waals surface area contributed by atoms with Crippen LogP contribution in [0.3, 0.4) is 0 Å². The third kappa shape index (κ3) is 4.99. The molecule has 2 N–H and O–H groups in total. The molecule has 2 aromatic carbocycles. The molecule has 1 saturated heterocycles. The highest BCUT2D eigenvalue weighted by Gasteiger charge is 2.30. The van der Waals surface area contributed by atoms with Crippen LogP contribution in [0.15, 0.2) is 47.5 Å². The largest absolute Gasteiger partial charge is 0.497 e. The summed E-state index contributed by atoms with van der Waals surface area (Å²) in [5.41, 5.74) is 0.969. The quantitative estimate of drug-likeness (QED) is 0.809. The number of carbonyl (C=O) groups excluding carboxylic acids is 2. The number of carbonyl (C=O) groups is 2. The minimum Gasteiger partial charge on any atom is -0.497 e. The lowest BCUT2D eigenvalue weighted by Crippen LogP contribution is -2.41. The number of nitrogens with one attached hydrogen (secondary N) is 2. The fraction of sp³-hybridized carbons (Fsp3) is 0.167. The Morgan fingerprint density at radius 1 is 1.33 bits per heavy atom. The van der Waals surface area contributed by atoms with Crippen LogP contribution in [0.1, 0.15) is 6.42 Å². The molecule has 1 unspecified atom stereocenters. The number of halogens is 2. The number of methoxy groups -OCH3 is 1. The van der Waals surface area contributed by atoms with Crippen molar-refractivity contribution in [1.29, 1.82) is 0 Å². The second-order valence-corrected chi connectivity index (χ2v) is 7.19. The van der Waals surface area contributed by atoms with Gasteiger partial charge in [-0.3, -0.25) is 9.59 Å². The number of hydrogen-bond donors (Lipinski definition) is 2. The third-order valence-corrected chi connectivity index (χ3v) is 5.03. The van der Waals surface area contributed by atoms with Crippen LogP contribution < -0.4 is 15.4 Å². The molecular formula is C18H15ClFN3O3S. The fourth-order valence-electron chi connectivity index (χ4n) is 2.31. The van der Waals surface area contributed by atoms with E-state index >= 15 is 0 Å². The first-order chi connectivity index (χ1) is 12.9. The van der Waals surface area contributed by atoms with Crippen molar-refractivity contribution in [2.75, 3.05) is 12.4 Å². The minimum absolute atomic E-state index is 0.0237. The summed E-state index contributed by atoms with van der Waals surface area (Å²) in [6.07, 6.45) is 0.0237. The summed E-state index contributed by atoms with van der Waals surface area (Å²) in [4.78, 5) is 28.7. The van der Waals surface area contributed by atoms with Gasteiger partial charge in [-0.25, -0.2) is 9.38 Å². The van der Waals surface area contributed by atoms with Gasteiger partial charge in [0.1, 0.15) is 16.8 Å². The van der Waals surface area contributed by atoms with Gasteiger partial charge in [-0.2, -0.15) is 0 Å². The molecule has 0 bridgehead atoms. The maximum atomic E-state index is 13.2. The van der Waals surface area contributed by atoms with Crippen molar-refractivity contribution < 1.29 is 18.7 Å². The molecule has 0 saturated carbocycles. The molecule has 1 atom stereocenters. The molecule has 0 aliphatic carbocycles. The molecule has 6 nitrogen and oxygen atoms in total. The fourth-order valence-corrected chi connectivity index (χ4v) is 3.49. The van der Waals surface area contributed by atoms with Crippen molar-refractivity contribution in [2.45, 2.75) is 11.7 Å². The number of hydrogen-bond acceptors (Lipinski definition) is 5. The normalized spacial score (nSPS) is 18.1. The van der Waals surface area contributed by atoms with Gasteiger partial charge in [0.05, 0.1) is 17.8 Å². The standard InChI is InChI=1S/C18H15ClFN3O3S/c1-26-12-5-2-10(3-6-12)21-17(25)15-9-16(24)23-18(27-15)22-11-4-7-14(20)13(19)8-11/h2-8,15H,9H2,1H3,(H,21,25)(H,22,23,24). The van der Waals surface area contributed by atoms with Gasteiger partial charge < -0.3 is 15.4 Å². The van der Waals surface area contributed by atoms with E-state index in [0.717, 1.165) is 11.8 Å². The van der Waals surface area contributed by atoms with Crippen molar-refractivity contribution >= 4 is 51.7 Å². The first-order valence-corrected chi connectivity index (χ1v) is 9.15. The lowest BCUT2D eigenvalue weighted by Gasteiger charge is -2.22. The highest BCUT2D eigenvalue weighted by molar-refractivity contribution is 8.15. The van der Waals surface area contributed by atoms with Crippen LogP contribution in [0.5, 0.6) is 5.75 Å². The molecule has 9 heteroatoms. The van der Waals surface area contributed by atoms with Gasteiger partial charge in [-0.1, -0.05) is 23.4 Å². The van der Waals surface area contributed by atoms with E-state index in [1.54, 1.807) is 31.4 Å². The summed E-state index contributed by atoms with van der Waals surface area (Å²) in [7, 11) is 1.56. The summed E-state index contributed by atoms with van der Waals surface area (Å²) in [5.74, 6) is -0.523. The van der Waals surface area contributed by atoms with Crippen molar-refractivity contribution in [1.82, 2.24) is 5.32 Å². The molecule has 27 heavy (non-hydrogen) atoms. The van der Waals surface area contributed by atoms with Gasteiger partial charge in [0.2, 0.25) is 11.8 Å². The number of rotatable bonds is 4. The van der Waals surface area contributed by atoms with Gasteiger partial charge >= 0.3 is 0 Å². The molecule has 2 aromatic rings. The van der Waals surface area contributed by atoms with Crippen molar-refractivity contribution in [3.8, 4) is 5.75 Å². The Morgan fingerprint density at radius 2 is 2.07 bits per heavy atom. The van der Waals surface area contributed by atoms with Gasteiger partial charge in [0, 0.05) is 12.1 Å². The Morgan fingerprint density at radius 3 is 2.74 bits per heavy atom. The number of amidine groups is 1. The SMILES string of the molecule is COc1ccc(NC(=O)C2CC(=O)NC(=Nc3ccc(F)c(Cl)c3)S2)cc1. The summed E-state index contributed by atoms with van der Waals surface area (Å²) in [6.45, 7) is 0. The number of ether oxygens (including phenoxy) is 1. The van der Waals surface area contributed by atoms with Crippen LogP contribution in [0.2, 0.25) is 5.02 Å². The van der Waals surface area contributed by atoms with Crippen LogP contribution in [-0.4, -0.2) is 29.3 Å². The monoisotopic (exact) mass is 407 g/mol. The van der Waals surface area contributed by atoms with Crippen LogP contribution in [0, 0.1) is 5.82 Å². The predicted octanol–water partition coefficient (Wildman–Crippen LogP) is 3.74. The smallest absolute Gasteiger partial charge is 0.238 e. The van der Waals surface area contributed by atoms with E-state index < -0.39 is 11.1 Å². The first-order valence-electron chi connectivity index (χ1n) is 7.90. The maximum absolute atomic E-state index is 13.2. The van der Waals surface area contributed by atoms with E-state index in [1.807, 2.05) is 0 Å². The summed E-state index contributed by atoms with van der Waals surface area (Å²) >= 11 is 6.86. The van der Waals surface area contributed by atoms with Crippen molar-refractivity contribution in [3.63, 3.8) is 0 Å². The van der Waals surface area contributed by atoms with E-state index in [1.165, 1.54) is 18.2 Å². The molecule has 1 aliphatic rings. The Labute approximate surface area is 164 Å². The summed E-state index contributed by atoms with van der Waals surface area (Å²) in [5, 5.41) is 4.91. The molecule has 0 spiro atoms. The first kappa shape index (κ1) is 19.2. The number of nitrogens with zero attached hydrogens (tertiary/aromatic N) is 1. The number of anilines is 1. The molecule has 1 heterocycles. The van der Waals surface area contributed by atoms with E-state index in [2.05, 4.69) is 15.6 Å². The zero-order valence-electron chi connectivity index (χ0n) is 14.2. The highest BCUT2D eigenvalue weighted by Crippen LogP contribution is 2.27. The highest BCUT2D eigenvalue weighted by atomic mass is 35.5. The number of amides is 2.